The van der Waals surface area contributed by atoms with E-state index in [0.717, 1.165) is 10.2 Å². The molecule has 0 radical (unpaired) electrons. The molecule has 8 nitrogen and oxygen atoms in total. The fourth-order valence-electron chi connectivity index (χ4n) is 2.63. The van der Waals surface area contributed by atoms with Gasteiger partial charge in [-0.15, -0.1) is 4.68 Å². The molecule has 0 aliphatic carbocycles. The van der Waals surface area contributed by atoms with Gasteiger partial charge in [0.25, 0.3) is 0 Å². The van der Waals surface area contributed by atoms with Crippen LogP contribution in [0.2, 0.25) is 0 Å². The minimum absolute atomic E-state index is 0.270. The number of hydrogen-bond acceptors (Lipinski definition) is 5. The van der Waals surface area contributed by atoms with E-state index in [-0.39, 0.29) is 5.52 Å². The number of nitrogens with one attached hydrogen (secondary N) is 2. The SMILES string of the molecule is COc1ccc2[nH]c3c(=O)n(/N=C/c4cccnc4)c(=O)[nH]c3c2c1. The van der Waals surface area contributed by atoms with Gasteiger partial charge in [0.1, 0.15) is 11.3 Å². The lowest BCUT2D eigenvalue weighted by Crippen LogP contribution is -2.32. The summed E-state index contributed by atoms with van der Waals surface area (Å²) in [6.45, 7) is 0. The summed E-state index contributed by atoms with van der Waals surface area (Å²) < 4.78 is 5.97. The monoisotopic (exact) mass is 335 g/mol. The van der Waals surface area contributed by atoms with Crippen molar-refractivity contribution in [2.24, 2.45) is 5.10 Å². The van der Waals surface area contributed by atoms with Gasteiger partial charge in [-0.05, 0) is 24.3 Å². The average molecular weight is 335 g/mol. The number of hydrogen-bond donors (Lipinski definition) is 2. The second-order valence-corrected chi connectivity index (χ2v) is 5.36. The average Bonchev–Trinajstić information content (AvgIpc) is 3.00. The minimum Gasteiger partial charge on any atom is -0.497 e. The van der Waals surface area contributed by atoms with Crippen molar-refractivity contribution in [1.29, 1.82) is 0 Å². The molecule has 0 fully saturated rings. The lowest BCUT2D eigenvalue weighted by atomic mass is 10.2. The predicted octanol–water partition coefficient (Wildman–Crippen LogP) is 1.46. The molecule has 3 heterocycles. The van der Waals surface area contributed by atoms with Crippen LogP contribution in [0, 0.1) is 0 Å². The Labute approximate surface area is 140 Å². The Morgan fingerprint density at radius 2 is 2.08 bits per heavy atom. The van der Waals surface area contributed by atoms with Gasteiger partial charge in [-0.2, -0.15) is 5.10 Å². The number of fused-ring (bicyclic) bond motifs is 3. The first-order valence-electron chi connectivity index (χ1n) is 7.46. The van der Waals surface area contributed by atoms with Crippen molar-refractivity contribution in [2.45, 2.75) is 0 Å². The number of pyridine rings is 1. The van der Waals surface area contributed by atoms with E-state index in [0.29, 0.717) is 22.2 Å². The van der Waals surface area contributed by atoms with Gasteiger partial charge < -0.3 is 14.7 Å². The number of aromatic amines is 2. The summed E-state index contributed by atoms with van der Waals surface area (Å²) in [5.74, 6) is 0.632. The zero-order valence-corrected chi connectivity index (χ0v) is 13.2. The van der Waals surface area contributed by atoms with Crippen molar-refractivity contribution in [3.05, 3.63) is 69.1 Å². The summed E-state index contributed by atoms with van der Waals surface area (Å²) in [5, 5.41) is 4.68. The number of H-pyrrole nitrogens is 2. The lowest BCUT2D eigenvalue weighted by Gasteiger charge is -1.99. The standard InChI is InChI=1S/C17H13N5O3/c1-25-11-4-5-13-12(7-11)14-15(20-13)16(23)22(17(24)21-14)19-9-10-3-2-6-18-8-10/h2-9,20H,1H3,(H,21,24)/b19-9+. The Balaban J connectivity index is 1.93. The highest BCUT2D eigenvalue weighted by atomic mass is 16.5. The number of ether oxygens (including phenoxy) is 1. The maximum absolute atomic E-state index is 12.6. The number of benzene rings is 1. The molecule has 0 saturated heterocycles. The molecular weight excluding hydrogens is 322 g/mol. The van der Waals surface area contributed by atoms with Crippen LogP contribution in [0.4, 0.5) is 0 Å². The Morgan fingerprint density at radius 1 is 1.20 bits per heavy atom. The topological polar surface area (TPSA) is 105 Å². The van der Waals surface area contributed by atoms with Gasteiger partial charge in [0.15, 0.2) is 0 Å². The fraction of sp³-hybridized carbons (Fsp3) is 0.0588. The van der Waals surface area contributed by atoms with Crippen LogP contribution in [0.15, 0.2) is 57.4 Å². The third-order valence-electron chi connectivity index (χ3n) is 3.84. The first kappa shape index (κ1) is 14.9. The highest BCUT2D eigenvalue weighted by Crippen LogP contribution is 2.25. The molecule has 0 saturated carbocycles. The minimum atomic E-state index is -0.624. The molecule has 0 spiro atoms. The van der Waals surface area contributed by atoms with E-state index < -0.39 is 11.2 Å². The van der Waals surface area contributed by atoms with Crippen molar-refractivity contribution in [3.63, 3.8) is 0 Å². The van der Waals surface area contributed by atoms with Gasteiger partial charge in [-0.1, -0.05) is 6.07 Å². The third kappa shape index (κ3) is 2.49. The molecule has 3 aromatic heterocycles. The number of rotatable bonds is 3. The summed E-state index contributed by atoms with van der Waals surface area (Å²) in [5.41, 5.74) is 0.936. The van der Waals surface area contributed by atoms with Crippen LogP contribution in [0.25, 0.3) is 21.9 Å². The second-order valence-electron chi connectivity index (χ2n) is 5.36. The zero-order valence-electron chi connectivity index (χ0n) is 13.2. The van der Waals surface area contributed by atoms with Crippen molar-refractivity contribution in [2.75, 3.05) is 7.11 Å². The molecule has 4 aromatic rings. The van der Waals surface area contributed by atoms with Crippen LogP contribution in [0.1, 0.15) is 5.56 Å². The molecule has 124 valence electrons. The van der Waals surface area contributed by atoms with Crippen molar-refractivity contribution in [3.8, 4) is 5.75 Å². The van der Waals surface area contributed by atoms with Gasteiger partial charge in [0.05, 0.1) is 18.8 Å². The Morgan fingerprint density at radius 3 is 2.84 bits per heavy atom. The van der Waals surface area contributed by atoms with E-state index in [4.69, 9.17) is 4.74 Å². The normalized spacial score (nSPS) is 11.6. The highest BCUT2D eigenvalue weighted by Gasteiger charge is 2.13. The van der Waals surface area contributed by atoms with Gasteiger partial charge in [0.2, 0.25) is 0 Å². The molecule has 1 aromatic carbocycles. The van der Waals surface area contributed by atoms with Gasteiger partial charge >= 0.3 is 11.2 Å². The highest BCUT2D eigenvalue weighted by molar-refractivity contribution is 6.04. The van der Waals surface area contributed by atoms with E-state index in [1.165, 1.54) is 6.21 Å². The fourth-order valence-corrected chi connectivity index (χ4v) is 2.63. The molecule has 0 aliphatic rings. The van der Waals surface area contributed by atoms with Gasteiger partial charge in [0, 0.05) is 28.9 Å². The first-order chi connectivity index (χ1) is 12.2. The molecule has 4 rings (SSSR count). The van der Waals surface area contributed by atoms with Crippen LogP contribution < -0.4 is 16.0 Å². The first-order valence-corrected chi connectivity index (χ1v) is 7.46. The summed E-state index contributed by atoms with van der Waals surface area (Å²) in [4.78, 5) is 34.6. The van der Waals surface area contributed by atoms with E-state index in [1.807, 2.05) is 0 Å². The maximum atomic E-state index is 12.6. The second kappa shape index (κ2) is 5.75. The molecule has 25 heavy (non-hydrogen) atoms. The summed E-state index contributed by atoms with van der Waals surface area (Å²) in [7, 11) is 1.55. The number of methoxy groups -OCH3 is 1. The molecular formula is C17H13N5O3. The van der Waals surface area contributed by atoms with Gasteiger partial charge in [-0.3, -0.25) is 9.78 Å². The van der Waals surface area contributed by atoms with E-state index >= 15 is 0 Å². The molecule has 0 aliphatic heterocycles. The Kier molecular flexibility index (Phi) is 3.42. The molecule has 2 N–H and O–H groups in total. The van der Waals surface area contributed by atoms with Gasteiger partial charge in [-0.25, -0.2) is 4.79 Å². The van der Waals surface area contributed by atoms with E-state index in [9.17, 15) is 9.59 Å². The predicted molar refractivity (Wildman–Crippen MR) is 94.5 cm³/mol. The van der Waals surface area contributed by atoms with E-state index in [2.05, 4.69) is 20.1 Å². The quantitative estimate of drug-likeness (QED) is 0.553. The van der Waals surface area contributed by atoms with Crippen LogP contribution in [-0.4, -0.2) is 33.0 Å². The summed E-state index contributed by atoms with van der Waals surface area (Å²) in [6, 6.07) is 8.82. The maximum Gasteiger partial charge on any atom is 0.350 e. The van der Waals surface area contributed by atoms with Crippen LogP contribution in [0.3, 0.4) is 0 Å². The number of aromatic nitrogens is 4. The summed E-state index contributed by atoms with van der Waals surface area (Å²) in [6.07, 6.45) is 4.61. The molecule has 0 amide bonds. The van der Waals surface area contributed by atoms with Crippen molar-refractivity contribution < 1.29 is 4.74 Å². The molecule has 8 heteroatoms. The zero-order chi connectivity index (χ0) is 17.4. The molecule has 0 atom stereocenters. The Bertz CT molecular complexity index is 1220. The largest absolute Gasteiger partial charge is 0.497 e. The van der Waals surface area contributed by atoms with Crippen LogP contribution in [0.5, 0.6) is 5.75 Å². The smallest absolute Gasteiger partial charge is 0.350 e. The van der Waals surface area contributed by atoms with Crippen LogP contribution >= 0.6 is 0 Å². The van der Waals surface area contributed by atoms with Crippen LogP contribution in [-0.2, 0) is 0 Å². The van der Waals surface area contributed by atoms with Crippen molar-refractivity contribution in [1.82, 2.24) is 19.6 Å². The van der Waals surface area contributed by atoms with E-state index in [1.54, 1.807) is 49.8 Å². The lowest BCUT2D eigenvalue weighted by molar-refractivity contribution is 0.415. The molecule has 0 bridgehead atoms. The number of nitrogens with zero attached hydrogens (tertiary/aromatic N) is 3. The summed E-state index contributed by atoms with van der Waals surface area (Å²) >= 11 is 0. The van der Waals surface area contributed by atoms with Crippen molar-refractivity contribution >= 4 is 28.2 Å². The third-order valence-corrected chi connectivity index (χ3v) is 3.84. The Hall–Kier alpha value is -3.68. The molecule has 0 unspecified atom stereocenters.